The Morgan fingerprint density at radius 3 is 1.80 bits per heavy atom. The quantitative estimate of drug-likeness (QED) is 0.835. The summed E-state index contributed by atoms with van der Waals surface area (Å²) in [5.41, 5.74) is 0. The van der Waals surface area contributed by atoms with E-state index in [-0.39, 0.29) is 17.7 Å². The molecule has 2 saturated carbocycles. The third-order valence-corrected chi connectivity index (χ3v) is 4.90. The van der Waals surface area contributed by atoms with Crippen molar-refractivity contribution in [1.82, 2.24) is 5.32 Å². The summed E-state index contributed by atoms with van der Waals surface area (Å²) in [5.74, 6) is -0.736. The average Bonchev–Trinajstić information content (AvgIpc) is 2.41. The smallest absolute Gasteiger partial charge is 0.306 e. The molecule has 2 aliphatic carbocycles. The van der Waals surface area contributed by atoms with Gasteiger partial charge in [0.1, 0.15) is 0 Å². The van der Waals surface area contributed by atoms with Crippen LogP contribution in [0.25, 0.3) is 0 Å². The van der Waals surface area contributed by atoms with Crippen molar-refractivity contribution in [3.63, 3.8) is 0 Å². The lowest BCUT2D eigenvalue weighted by Gasteiger charge is -2.28. The number of carbonyl (C=O) groups excluding carboxylic acids is 1. The molecule has 0 aromatic heterocycles. The maximum absolute atomic E-state index is 12.3. The summed E-state index contributed by atoms with van der Waals surface area (Å²) in [7, 11) is 0. The van der Waals surface area contributed by atoms with Gasteiger partial charge < -0.3 is 10.4 Å². The predicted octanol–water partition coefficient (Wildman–Crippen LogP) is 3.11. The molecule has 0 unspecified atom stereocenters. The molecule has 0 saturated heterocycles. The first kappa shape index (κ1) is 15.3. The average molecular weight is 281 g/mol. The lowest BCUT2D eigenvalue weighted by molar-refractivity contribution is -0.144. The van der Waals surface area contributed by atoms with Crippen molar-refractivity contribution in [1.29, 1.82) is 0 Å². The highest BCUT2D eigenvalue weighted by molar-refractivity contribution is 5.79. The van der Waals surface area contributed by atoms with Crippen LogP contribution in [0.2, 0.25) is 0 Å². The van der Waals surface area contributed by atoms with Crippen molar-refractivity contribution in [2.45, 2.75) is 76.7 Å². The van der Waals surface area contributed by atoms with E-state index in [9.17, 15) is 9.59 Å². The molecule has 0 aliphatic heterocycles. The van der Waals surface area contributed by atoms with Gasteiger partial charge in [0, 0.05) is 12.0 Å². The number of aliphatic carboxylic acids is 1. The van der Waals surface area contributed by atoms with Gasteiger partial charge in [0.2, 0.25) is 5.91 Å². The van der Waals surface area contributed by atoms with Crippen LogP contribution in [0, 0.1) is 11.8 Å². The molecule has 1 amide bonds. The van der Waals surface area contributed by atoms with E-state index in [1.807, 2.05) is 0 Å². The highest BCUT2D eigenvalue weighted by atomic mass is 16.4. The minimum absolute atomic E-state index is 0.0380. The predicted molar refractivity (Wildman–Crippen MR) is 77.3 cm³/mol. The van der Waals surface area contributed by atoms with E-state index in [2.05, 4.69) is 5.32 Å². The number of carboxylic acids is 1. The summed E-state index contributed by atoms with van der Waals surface area (Å²) in [6.45, 7) is 0. The third kappa shape index (κ3) is 4.50. The maximum atomic E-state index is 12.3. The van der Waals surface area contributed by atoms with Crippen LogP contribution in [0.4, 0.5) is 0 Å². The molecule has 0 aromatic carbocycles. The molecule has 2 aliphatic rings. The zero-order valence-electron chi connectivity index (χ0n) is 12.3. The summed E-state index contributed by atoms with van der Waals surface area (Å²) < 4.78 is 0. The second kappa shape index (κ2) is 7.65. The first-order valence-electron chi connectivity index (χ1n) is 8.20. The minimum atomic E-state index is -0.705. The molecule has 4 nitrogen and oxygen atoms in total. The SMILES string of the molecule is O=C(O)C1CCC(C(=O)NC2CCCCCCC2)CC1. The van der Waals surface area contributed by atoms with Crippen LogP contribution in [0.3, 0.4) is 0 Å². The molecule has 0 atom stereocenters. The van der Waals surface area contributed by atoms with E-state index in [0.717, 1.165) is 25.7 Å². The van der Waals surface area contributed by atoms with Crippen molar-refractivity contribution in [3.8, 4) is 0 Å². The second-order valence-electron chi connectivity index (χ2n) is 6.44. The van der Waals surface area contributed by atoms with Gasteiger partial charge in [0.05, 0.1) is 5.92 Å². The topological polar surface area (TPSA) is 66.4 Å². The molecule has 2 fully saturated rings. The molecular formula is C16H27NO3. The molecule has 0 heterocycles. The van der Waals surface area contributed by atoms with Gasteiger partial charge in [-0.2, -0.15) is 0 Å². The Bertz CT molecular complexity index is 327. The van der Waals surface area contributed by atoms with Crippen LogP contribution in [0.15, 0.2) is 0 Å². The molecular weight excluding hydrogens is 254 g/mol. The third-order valence-electron chi connectivity index (χ3n) is 4.90. The van der Waals surface area contributed by atoms with Crippen molar-refractivity contribution in [2.75, 3.05) is 0 Å². The summed E-state index contributed by atoms with van der Waals surface area (Å²) in [4.78, 5) is 23.2. The van der Waals surface area contributed by atoms with Crippen molar-refractivity contribution in [3.05, 3.63) is 0 Å². The van der Waals surface area contributed by atoms with E-state index < -0.39 is 5.97 Å². The van der Waals surface area contributed by atoms with Gasteiger partial charge in [-0.25, -0.2) is 0 Å². The maximum Gasteiger partial charge on any atom is 0.306 e. The molecule has 114 valence electrons. The van der Waals surface area contributed by atoms with Crippen molar-refractivity contribution >= 4 is 11.9 Å². The lowest BCUT2D eigenvalue weighted by Crippen LogP contribution is -2.40. The van der Waals surface area contributed by atoms with Gasteiger partial charge in [-0.1, -0.05) is 32.1 Å². The zero-order valence-corrected chi connectivity index (χ0v) is 12.3. The standard InChI is InChI=1S/C16H27NO3/c18-15(12-8-10-13(11-9-12)16(19)20)17-14-6-4-2-1-3-5-7-14/h12-14H,1-11H2,(H,17,18)(H,19,20). The summed E-state index contributed by atoms with van der Waals surface area (Å²) >= 11 is 0. The molecule has 2 rings (SSSR count). The number of carboxylic acid groups (broad SMARTS) is 1. The number of rotatable bonds is 3. The fraction of sp³-hybridized carbons (Fsp3) is 0.875. The van der Waals surface area contributed by atoms with E-state index in [0.29, 0.717) is 18.9 Å². The number of hydrogen-bond donors (Lipinski definition) is 2. The van der Waals surface area contributed by atoms with Crippen molar-refractivity contribution < 1.29 is 14.7 Å². The molecule has 2 N–H and O–H groups in total. The van der Waals surface area contributed by atoms with E-state index in [4.69, 9.17) is 5.11 Å². The normalized spacial score (nSPS) is 29.2. The number of amides is 1. The molecule has 20 heavy (non-hydrogen) atoms. The summed E-state index contributed by atoms with van der Waals surface area (Å²) in [6.07, 6.45) is 11.3. The van der Waals surface area contributed by atoms with Crippen LogP contribution in [-0.2, 0) is 9.59 Å². The molecule has 0 bridgehead atoms. The largest absolute Gasteiger partial charge is 0.481 e. The Hall–Kier alpha value is -1.06. The van der Waals surface area contributed by atoms with Crippen LogP contribution < -0.4 is 5.32 Å². The van der Waals surface area contributed by atoms with Crippen LogP contribution in [0.1, 0.15) is 70.6 Å². The number of nitrogens with one attached hydrogen (secondary N) is 1. The fourth-order valence-electron chi connectivity index (χ4n) is 3.52. The number of hydrogen-bond acceptors (Lipinski definition) is 2. The highest BCUT2D eigenvalue weighted by Gasteiger charge is 2.30. The summed E-state index contributed by atoms with van der Waals surface area (Å²) in [6, 6.07) is 0.347. The van der Waals surface area contributed by atoms with Crippen LogP contribution in [0.5, 0.6) is 0 Å². The Labute approximate surface area is 121 Å². The van der Waals surface area contributed by atoms with Gasteiger partial charge in [0.25, 0.3) is 0 Å². The second-order valence-corrected chi connectivity index (χ2v) is 6.44. The Kier molecular flexibility index (Phi) is 5.86. The lowest BCUT2D eigenvalue weighted by atomic mass is 9.81. The Morgan fingerprint density at radius 2 is 1.25 bits per heavy atom. The van der Waals surface area contributed by atoms with Gasteiger partial charge in [-0.3, -0.25) is 9.59 Å². The zero-order chi connectivity index (χ0) is 14.4. The fourth-order valence-corrected chi connectivity index (χ4v) is 3.52. The van der Waals surface area contributed by atoms with Gasteiger partial charge >= 0.3 is 5.97 Å². The Morgan fingerprint density at radius 1 is 0.750 bits per heavy atom. The van der Waals surface area contributed by atoms with Crippen LogP contribution >= 0.6 is 0 Å². The van der Waals surface area contributed by atoms with Gasteiger partial charge in [-0.15, -0.1) is 0 Å². The minimum Gasteiger partial charge on any atom is -0.481 e. The van der Waals surface area contributed by atoms with Crippen LogP contribution in [-0.4, -0.2) is 23.0 Å². The van der Waals surface area contributed by atoms with E-state index in [1.54, 1.807) is 0 Å². The van der Waals surface area contributed by atoms with E-state index in [1.165, 1.54) is 32.1 Å². The molecule has 0 radical (unpaired) electrons. The van der Waals surface area contributed by atoms with E-state index >= 15 is 0 Å². The molecule has 4 heteroatoms. The highest BCUT2D eigenvalue weighted by Crippen LogP contribution is 2.29. The molecule has 0 spiro atoms. The summed E-state index contributed by atoms with van der Waals surface area (Å²) in [5, 5.41) is 12.2. The monoisotopic (exact) mass is 281 g/mol. The van der Waals surface area contributed by atoms with Gasteiger partial charge in [-0.05, 0) is 38.5 Å². The number of carbonyl (C=O) groups is 2. The Balaban J connectivity index is 1.75. The van der Waals surface area contributed by atoms with Crippen molar-refractivity contribution in [2.24, 2.45) is 11.8 Å². The first-order valence-corrected chi connectivity index (χ1v) is 8.20. The molecule has 0 aromatic rings. The van der Waals surface area contributed by atoms with Gasteiger partial charge in [0.15, 0.2) is 0 Å². The first-order chi connectivity index (χ1) is 9.66.